The first kappa shape index (κ1) is 13.5. The Hall–Kier alpha value is -0.920. The van der Waals surface area contributed by atoms with E-state index in [1.165, 1.54) is 6.42 Å². The lowest BCUT2D eigenvalue weighted by atomic mass is 9.86. The summed E-state index contributed by atoms with van der Waals surface area (Å²) in [7, 11) is -3.14. The maximum atomic E-state index is 11.7. The zero-order valence-electron chi connectivity index (χ0n) is 10.4. The van der Waals surface area contributed by atoms with Crippen molar-refractivity contribution in [1.29, 1.82) is 0 Å². The Morgan fingerprint density at radius 2 is 2.28 bits per heavy atom. The van der Waals surface area contributed by atoms with Gasteiger partial charge in [0.15, 0.2) is 0 Å². The second-order valence-electron chi connectivity index (χ2n) is 4.68. The van der Waals surface area contributed by atoms with Crippen LogP contribution in [0.5, 0.6) is 0 Å². The van der Waals surface area contributed by atoms with Gasteiger partial charge in [-0.25, -0.2) is 18.1 Å². The van der Waals surface area contributed by atoms with Gasteiger partial charge in [-0.3, -0.25) is 0 Å². The van der Waals surface area contributed by atoms with Crippen LogP contribution in [0.3, 0.4) is 0 Å². The highest BCUT2D eigenvalue weighted by Gasteiger charge is 2.19. The second kappa shape index (κ2) is 6.31. The summed E-state index contributed by atoms with van der Waals surface area (Å²) in [5.74, 6) is 1.48. The monoisotopic (exact) mass is 272 g/mol. The normalized spacial score (nSPS) is 16.7. The van der Waals surface area contributed by atoms with E-state index in [0.717, 1.165) is 18.7 Å². The summed E-state index contributed by atoms with van der Waals surface area (Å²) in [5, 5.41) is 3.05. The number of imidazole rings is 1. The van der Waals surface area contributed by atoms with Gasteiger partial charge in [0.25, 0.3) is 0 Å². The highest BCUT2D eigenvalue weighted by atomic mass is 32.2. The van der Waals surface area contributed by atoms with Crippen LogP contribution in [0, 0.1) is 5.92 Å². The summed E-state index contributed by atoms with van der Waals surface area (Å²) in [6, 6.07) is 0. The molecular weight excluding hydrogens is 252 g/mol. The molecule has 0 aromatic carbocycles. The van der Waals surface area contributed by atoms with Crippen LogP contribution in [0.1, 0.15) is 25.1 Å². The van der Waals surface area contributed by atoms with Crippen molar-refractivity contribution in [2.75, 3.05) is 18.8 Å². The second-order valence-corrected chi connectivity index (χ2v) is 6.60. The van der Waals surface area contributed by atoms with Gasteiger partial charge in [0, 0.05) is 25.5 Å². The predicted octanol–water partition coefficient (Wildman–Crippen LogP) is 0.219. The van der Waals surface area contributed by atoms with E-state index in [2.05, 4.69) is 20.0 Å². The molecule has 1 heterocycles. The van der Waals surface area contributed by atoms with Crippen LogP contribution in [0.2, 0.25) is 0 Å². The molecule has 0 unspecified atom stereocenters. The Morgan fingerprint density at radius 3 is 2.89 bits per heavy atom. The zero-order chi connectivity index (χ0) is 12.8. The molecule has 2 rings (SSSR count). The summed E-state index contributed by atoms with van der Waals surface area (Å²) in [6.07, 6.45) is 6.96. The molecule has 1 aromatic heterocycles. The van der Waals surface area contributed by atoms with Crippen molar-refractivity contribution in [1.82, 2.24) is 20.0 Å². The fourth-order valence-corrected chi connectivity index (χ4v) is 2.87. The summed E-state index contributed by atoms with van der Waals surface area (Å²) < 4.78 is 26.0. The first-order chi connectivity index (χ1) is 8.66. The number of aromatic amines is 1. The average Bonchev–Trinajstić information content (AvgIpc) is 2.75. The van der Waals surface area contributed by atoms with E-state index in [1.54, 1.807) is 12.4 Å². The third-order valence-electron chi connectivity index (χ3n) is 3.21. The molecule has 0 bridgehead atoms. The van der Waals surface area contributed by atoms with Crippen LogP contribution in [-0.2, 0) is 16.6 Å². The Kier molecular flexibility index (Phi) is 4.73. The van der Waals surface area contributed by atoms with E-state index in [0.29, 0.717) is 25.6 Å². The van der Waals surface area contributed by atoms with Crippen molar-refractivity contribution in [3.63, 3.8) is 0 Å². The van der Waals surface area contributed by atoms with E-state index in [9.17, 15) is 8.42 Å². The molecule has 6 nitrogen and oxygen atoms in total. The van der Waals surface area contributed by atoms with Crippen molar-refractivity contribution in [2.45, 2.75) is 25.8 Å². The lowest BCUT2D eigenvalue weighted by Gasteiger charge is -2.25. The smallest absolute Gasteiger partial charge is 0.212 e. The minimum atomic E-state index is -3.14. The largest absolute Gasteiger partial charge is 0.348 e. The minimum absolute atomic E-state index is 0.112. The van der Waals surface area contributed by atoms with Crippen LogP contribution < -0.4 is 10.0 Å². The number of H-pyrrole nitrogens is 1. The van der Waals surface area contributed by atoms with Gasteiger partial charge in [-0.05, 0) is 18.8 Å². The molecule has 3 N–H and O–H groups in total. The van der Waals surface area contributed by atoms with Gasteiger partial charge in [0.05, 0.1) is 12.3 Å². The topological polar surface area (TPSA) is 86.9 Å². The number of sulfonamides is 1. The van der Waals surface area contributed by atoms with Gasteiger partial charge in [-0.2, -0.15) is 0 Å². The number of nitrogens with zero attached hydrogens (tertiary/aromatic N) is 1. The molecule has 1 aliphatic rings. The van der Waals surface area contributed by atoms with Crippen LogP contribution in [0.4, 0.5) is 0 Å². The molecule has 0 atom stereocenters. The van der Waals surface area contributed by atoms with Crippen LogP contribution in [-0.4, -0.2) is 37.2 Å². The van der Waals surface area contributed by atoms with Gasteiger partial charge in [0.2, 0.25) is 10.0 Å². The SMILES string of the molecule is O=S(=O)(CCNCc1ncc[nH]1)NCC1CCC1. The number of hydrogen-bond donors (Lipinski definition) is 3. The van der Waals surface area contributed by atoms with Crippen molar-refractivity contribution in [2.24, 2.45) is 5.92 Å². The van der Waals surface area contributed by atoms with Crippen molar-refractivity contribution < 1.29 is 8.42 Å². The predicted molar refractivity (Wildman–Crippen MR) is 69.4 cm³/mol. The van der Waals surface area contributed by atoms with Gasteiger partial charge < -0.3 is 10.3 Å². The Balaban J connectivity index is 1.59. The van der Waals surface area contributed by atoms with Gasteiger partial charge in [-0.1, -0.05) is 6.42 Å². The number of aromatic nitrogens is 2. The van der Waals surface area contributed by atoms with E-state index in [-0.39, 0.29) is 5.75 Å². The van der Waals surface area contributed by atoms with E-state index >= 15 is 0 Å². The quantitative estimate of drug-likeness (QED) is 0.591. The lowest BCUT2D eigenvalue weighted by Crippen LogP contribution is -2.36. The molecule has 1 aromatic rings. The van der Waals surface area contributed by atoms with E-state index < -0.39 is 10.0 Å². The molecular formula is C11H20N4O2S. The fourth-order valence-electron chi connectivity index (χ4n) is 1.82. The average molecular weight is 272 g/mol. The molecule has 0 amide bonds. The standard InChI is InChI=1S/C11H20N4O2S/c16-18(17,15-8-10-2-1-3-10)7-6-12-9-11-13-4-5-14-11/h4-5,10,12,15H,1-3,6-9H2,(H,13,14). The van der Waals surface area contributed by atoms with Gasteiger partial charge >= 0.3 is 0 Å². The molecule has 102 valence electrons. The highest BCUT2D eigenvalue weighted by Crippen LogP contribution is 2.25. The lowest BCUT2D eigenvalue weighted by molar-refractivity contribution is 0.316. The van der Waals surface area contributed by atoms with Crippen molar-refractivity contribution >= 4 is 10.0 Å². The summed E-state index contributed by atoms with van der Waals surface area (Å²) >= 11 is 0. The van der Waals surface area contributed by atoms with Crippen LogP contribution in [0.25, 0.3) is 0 Å². The number of hydrogen-bond acceptors (Lipinski definition) is 4. The molecule has 0 spiro atoms. The highest BCUT2D eigenvalue weighted by molar-refractivity contribution is 7.89. The Morgan fingerprint density at radius 1 is 1.44 bits per heavy atom. The zero-order valence-corrected chi connectivity index (χ0v) is 11.2. The molecule has 1 fully saturated rings. The Labute approximate surface area is 108 Å². The third-order valence-corrected chi connectivity index (χ3v) is 4.56. The molecule has 18 heavy (non-hydrogen) atoms. The summed E-state index contributed by atoms with van der Waals surface area (Å²) in [4.78, 5) is 7.00. The molecule has 1 aliphatic carbocycles. The first-order valence-electron chi connectivity index (χ1n) is 6.32. The van der Waals surface area contributed by atoms with Gasteiger partial charge in [0.1, 0.15) is 5.82 Å². The van der Waals surface area contributed by atoms with Crippen LogP contribution >= 0.6 is 0 Å². The minimum Gasteiger partial charge on any atom is -0.348 e. The van der Waals surface area contributed by atoms with Crippen molar-refractivity contribution in [3.8, 4) is 0 Å². The maximum absolute atomic E-state index is 11.7. The van der Waals surface area contributed by atoms with Gasteiger partial charge in [-0.15, -0.1) is 0 Å². The molecule has 0 saturated heterocycles. The maximum Gasteiger partial charge on any atom is 0.212 e. The summed E-state index contributed by atoms with van der Waals surface area (Å²) in [6.45, 7) is 1.59. The number of rotatable bonds is 8. The fraction of sp³-hybridized carbons (Fsp3) is 0.727. The number of nitrogens with one attached hydrogen (secondary N) is 3. The molecule has 0 aliphatic heterocycles. The third kappa shape index (κ3) is 4.40. The van der Waals surface area contributed by atoms with E-state index in [1.807, 2.05) is 0 Å². The first-order valence-corrected chi connectivity index (χ1v) is 7.97. The van der Waals surface area contributed by atoms with Crippen LogP contribution in [0.15, 0.2) is 12.4 Å². The Bertz CT molecular complexity index is 440. The van der Waals surface area contributed by atoms with Crippen molar-refractivity contribution in [3.05, 3.63) is 18.2 Å². The van der Waals surface area contributed by atoms with E-state index in [4.69, 9.17) is 0 Å². The molecule has 0 radical (unpaired) electrons. The summed E-state index contributed by atoms with van der Waals surface area (Å²) in [5.41, 5.74) is 0. The molecule has 1 saturated carbocycles. The molecule has 7 heteroatoms.